The van der Waals surface area contributed by atoms with Crippen LogP contribution in [0.3, 0.4) is 0 Å². The van der Waals surface area contributed by atoms with E-state index in [-0.39, 0.29) is 5.82 Å². The van der Waals surface area contributed by atoms with Gasteiger partial charge in [-0.1, -0.05) is 18.2 Å². The molecule has 5 aromatic heterocycles. The molecule has 0 bridgehead atoms. The Bertz CT molecular complexity index is 1530. The highest BCUT2D eigenvalue weighted by molar-refractivity contribution is 6.00. The Morgan fingerprint density at radius 2 is 1.68 bits per heavy atom. The average Bonchev–Trinajstić information content (AvgIpc) is 3.43. The lowest BCUT2D eigenvalue weighted by molar-refractivity contribution is 0.628. The van der Waals surface area contributed by atoms with E-state index in [0.29, 0.717) is 0 Å². The zero-order valence-corrected chi connectivity index (χ0v) is 16.2. The molecule has 2 N–H and O–H groups in total. The molecule has 0 amide bonds. The van der Waals surface area contributed by atoms with Gasteiger partial charge in [0.05, 0.1) is 28.8 Å². The highest BCUT2D eigenvalue weighted by Crippen LogP contribution is 2.33. The van der Waals surface area contributed by atoms with Gasteiger partial charge in [0, 0.05) is 23.2 Å². The summed E-state index contributed by atoms with van der Waals surface area (Å²) in [5.41, 5.74) is 6.66. The molecular formula is C24H15FN6. The normalized spacial score (nSPS) is 11.4. The van der Waals surface area contributed by atoms with Crippen molar-refractivity contribution in [2.75, 3.05) is 0 Å². The van der Waals surface area contributed by atoms with E-state index < -0.39 is 0 Å². The van der Waals surface area contributed by atoms with Gasteiger partial charge >= 0.3 is 0 Å². The number of benzene rings is 1. The summed E-state index contributed by atoms with van der Waals surface area (Å²) in [6, 6.07) is 18.1. The van der Waals surface area contributed by atoms with Gasteiger partial charge in [-0.3, -0.25) is 15.1 Å². The van der Waals surface area contributed by atoms with Crippen molar-refractivity contribution in [3.63, 3.8) is 0 Å². The second-order valence-corrected chi connectivity index (χ2v) is 7.21. The summed E-state index contributed by atoms with van der Waals surface area (Å²) in [6.45, 7) is 0. The summed E-state index contributed by atoms with van der Waals surface area (Å²) >= 11 is 0. The smallest absolute Gasteiger partial charge is 0.138 e. The Morgan fingerprint density at radius 1 is 0.774 bits per heavy atom. The van der Waals surface area contributed by atoms with Crippen molar-refractivity contribution in [1.29, 1.82) is 0 Å². The molecule has 5 heterocycles. The topological polar surface area (TPSA) is 83.1 Å². The van der Waals surface area contributed by atoms with Crippen LogP contribution < -0.4 is 0 Å². The van der Waals surface area contributed by atoms with Crippen LogP contribution in [0.15, 0.2) is 79.3 Å². The summed E-state index contributed by atoms with van der Waals surface area (Å²) in [6.07, 6.45) is 5.26. The predicted octanol–water partition coefficient (Wildman–Crippen LogP) is 5.37. The predicted molar refractivity (Wildman–Crippen MR) is 118 cm³/mol. The van der Waals surface area contributed by atoms with Crippen LogP contribution in [-0.2, 0) is 0 Å². The van der Waals surface area contributed by atoms with Crippen LogP contribution in [0.2, 0.25) is 0 Å². The van der Waals surface area contributed by atoms with Gasteiger partial charge in [0.25, 0.3) is 0 Å². The van der Waals surface area contributed by atoms with E-state index in [1.54, 1.807) is 30.7 Å². The number of fused-ring (bicyclic) bond motifs is 2. The third-order valence-electron chi connectivity index (χ3n) is 5.32. The minimum Gasteiger partial charge on any atom is -0.338 e. The SMILES string of the molecule is Fc1ccc(-c2ccnc3[nH]c(-c4n[nH]c5cnc(-c6ccccn6)cc45)cc23)cc1. The Kier molecular flexibility index (Phi) is 3.86. The summed E-state index contributed by atoms with van der Waals surface area (Å²) in [5, 5.41) is 9.44. The number of hydrogen-bond acceptors (Lipinski definition) is 4. The van der Waals surface area contributed by atoms with Crippen LogP contribution in [0, 0.1) is 5.82 Å². The molecule has 0 aliphatic carbocycles. The first-order chi connectivity index (χ1) is 15.3. The van der Waals surface area contributed by atoms with Crippen LogP contribution in [0.4, 0.5) is 4.39 Å². The molecule has 0 spiro atoms. The molecular weight excluding hydrogens is 391 g/mol. The summed E-state index contributed by atoms with van der Waals surface area (Å²) in [5.74, 6) is -0.260. The molecule has 0 saturated heterocycles. The van der Waals surface area contributed by atoms with Crippen molar-refractivity contribution in [3.05, 3.63) is 85.1 Å². The van der Waals surface area contributed by atoms with Crippen LogP contribution >= 0.6 is 0 Å². The quantitative estimate of drug-likeness (QED) is 0.414. The molecule has 0 aliphatic heterocycles. The van der Waals surface area contributed by atoms with E-state index in [1.807, 2.05) is 36.4 Å². The van der Waals surface area contributed by atoms with Gasteiger partial charge in [-0.25, -0.2) is 9.37 Å². The molecule has 148 valence electrons. The molecule has 1 aromatic carbocycles. The molecule has 0 unspecified atom stereocenters. The van der Waals surface area contributed by atoms with E-state index in [0.717, 1.165) is 55.8 Å². The molecule has 6 rings (SSSR count). The largest absolute Gasteiger partial charge is 0.338 e. The number of halogens is 1. The second kappa shape index (κ2) is 6.84. The summed E-state index contributed by atoms with van der Waals surface area (Å²) in [7, 11) is 0. The van der Waals surface area contributed by atoms with Gasteiger partial charge in [0.1, 0.15) is 17.2 Å². The lowest BCUT2D eigenvalue weighted by Crippen LogP contribution is -1.86. The monoisotopic (exact) mass is 406 g/mol. The van der Waals surface area contributed by atoms with Gasteiger partial charge in [-0.05, 0) is 53.6 Å². The minimum absolute atomic E-state index is 0.260. The maximum absolute atomic E-state index is 13.4. The van der Waals surface area contributed by atoms with Crippen LogP contribution in [-0.4, -0.2) is 30.1 Å². The Balaban J connectivity index is 1.51. The van der Waals surface area contributed by atoms with Gasteiger partial charge in [-0.2, -0.15) is 5.10 Å². The first-order valence-electron chi connectivity index (χ1n) is 9.76. The first kappa shape index (κ1) is 17.5. The third-order valence-corrected chi connectivity index (χ3v) is 5.32. The molecule has 7 heteroatoms. The molecule has 0 atom stereocenters. The fourth-order valence-corrected chi connectivity index (χ4v) is 3.81. The first-order valence-corrected chi connectivity index (χ1v) is 9.76. The maximum Gasteiger partial charge on any atom is 0.138 e. The molecule has 0 radical (unpaired) electrons. The van der Waals surface area contributed by atoms with E-state index in [9.17, 15) is 4.39 Å². The van der Waals surface area contributed by atoms with Gasteiger partial charge in [0.15, 0.2) is 0 Å². The third kappa shape index (κ3) is 2.95. The molecule has 0 saturated carbocycles. The van der Waals surface area contributed by atoms with Crippen LogP contribution in [0.25, 0.3) is 55.8 Å². The number of nitrogens with zero attached hydrogens (tertiary/aromatic N) is 4. The molecule has 0 fully saturated rings. The van der Waals surface area contributed by atoms with Crippen molar-refractivity contribution in [1.82, 2.24) is 30.1 Å². The van der Waals surface area contributed by atoms with Crippen molar-refractivity contribution >= 4 is 21.9 Å². The average molecular weight is 406 g/mol. The number of nitrogens with one attached hydrogen (secondary N) is 2. The Hall–Kier alpha value is -4.39. The van der Waals surface area contributed by atoms with Gasteiger partial charge < -0.3 is 4.98 Å². The molecule has 31 heavy (non-hydrogen) atoms. The maximum atomic E-state index is 13.4. The van der Waals surface area contributed by atoms with Crippen molar-refractivity contribution < 1.29 is 4.39 Å². The molecule has 0 aliphatic rings. The van der Waals surface area contributed by atoms with Gasteiger partial charge in [0.2, 0.25) is 0 Å². The van der Waals surface area contributed by atoms with Gasteiger partial charge in [-0.15, -0.1) is 0 Å². The fourth-order valence-electron chi connectivity index (χ4n) is 3.81. The van der Waals surface area contributed by atoms with Crippen molar-refractivity contribution in [2.45, 2.75) is 0 Å². The zero-order valence-electron chi connectivity index (χ0n) is 16.2. The van der Waals surface area contributed by atoms with E-state index in [2.05, 4.69) is 30.1 Å². The van der Waals surface area contributed by atoms with E-state index >= 15 is 0 Å². The standard InChI is InChI=1S/C24H15FN6/c25-15-6-4-14(5-7-15)16-8-10-27-24-17(16)11-21(29-24)23-18-12-20(19-3-1-2-9-26-19)28-13-22(18)30-31-23/h1-13H,(H,27,29)(H,30,31). The minimum atomic E-state index is -0.260. The number of aromatic nitrogens is 6. The van der Waals surface area contributed by atoms with Crippen LogP contribution in [0.5, 0.6) is 0 Å². The second-order valence-electron chi connectivity index (χ2n) is 7.21. The lowest BCUT2D eigenvalue weighted by Gasteiger charge is -2.02. The lowest BCUT2D eigenvalue weighted by atomic mass is 10.0. The number of aromatic amines is 2. The highest BCUT2D eigenvalue weighted by atomic mass is 19.1. The number of pyridine rings is 3. The summed E-state index contributed by atoms with van der Waals surface area (Å²) in [4.78, 5) is 16.7. The molecule has 6 nitrogen and oxygen atoms in total. The van der Waals surface area contributed by atoms with E-state index in [1.165, 1.54) is 12.1 Å². The Morgan fingerprint density at radius 3 is 2.52 bits per heavy atom. The fraction of sp³-hybridized carbons (Fsp3) is 0. The number of hydrogen-bond donors (Lipinski definition) is 2. The van der Waals surface area contributed by atoms with E-state index in [4.69, 9.17) is 0 Å². The number of rotatable bonds is 3. The van der Waals surface area contributed by atoms with Crippen LogP contribution in [0.1, 0.15) is 0 Å². The Labute approximate surface area is 175 Å². The van der Waals surface area contributed by atoms with Crippen molar-refractivity contribution in [3.8, 4) is 33.9 Å². The van der Waals surface area contributed by atoms with Crippen molar-refractivity contribution in [2.24, 2.45) is 0 Å². The molecule has 6 aromatic rings. The number of H-pyrrole nitrogens is 2. The highest BCUT2D eigenvalue weighted by Gasteiger charge is 2.15. The summed E-state index contributed by atoms with van der Waals surface area (Å²) < 4.78 is 13.4. The zero-order chi connectivity index (χ0) is 20.8.